The van der Waals surface area contributed by atoms with Crippen molar-refractivity contribution >= 4 is 12.2 Å². The number of piperidine rings is 1. The number of nitrogens with zero attached hydrogens (tertiary/aromatic N) is 3. The van der Waals surface area contributed by atoms with Crippen LogP contribution in [-0.2, 0) is 16.1 Å². The highest BCUT2D eigenvalue weighted by Gasteiger charge is 2.35. The number of aromatic nitrogens is 2. The van der Waals surface area contributed by atoms with Crippen LogP contribution in [0.15, 0.2) is 30.5 Å². The number of aliphatic hydroxyl groups excluding tert-OH is 2. The highest BCUT2D eigenvalue weighted by Crippen LogP contribution is 2.35. The van der Waals surface area contributed by atoms with E-state index in [1.165, 1.54) is 5.56 Å². The van der Waals surface area contributed by atoms with E-state index in [9.17, 15) is 19.8 Å². The van der Waals surface area contributed by atoms with E-state index in [1.54, 1.807) is 0 Å². The van der Waals surface area contributed by atoms with E-state index in [2.05, 4.69) is 34.8 Å². The summed E-state index contributed by atoms with van der Waals surface area (Å²) in [5.41, 5.74) is 4.33. The predicted molar refractivity (Wildman–Crippen MR) is 176 cm³/mol. The van der Waals surface area contributed by atoms with Crippen molar-refractivity contribution in [3.8, 4) is 11.3 Å². The number of hydrogen-bond donors (Lipinski definition) is 4. The van der Waals surface area contributed by atoms with Crippen molar-refractivity contribution in [3.05, 3.63) is 41.6 Å². The van der Waals surface area contributed by atoms with Gasteiger partial charge >= 0.3 is 0 Å². The first-order chi connectivity index (χ1) is 20.7. The van der Waals surface area contributed by atoms with Gasteiger partial charge < -0.3 is 25.6 Å². The summed E-state index contributed by atoms with van der Waals surface area (Å²) >= 11 is 0. The number of β-amino-alcohol motifs (C(OH)–C–C–N with tert-alkyl or cyclic N) is 1. The van der Waals surface area contributed by atoms with Crippen LogP contribution in [0.1, 0.15) is 97.7 Å². The summed E-state index contributed by atoms with van der Waals surface area (Å²) in [7, 11) is 1.85. The Morgan fingerprint density at radius 1 is 1.14 bits per heavy atom. The van der Waals surface area contributed by atoms with Gasteiger partial charge in [0, 0.05) is 30.8 Å². The Hall–Kier alpha value is -2.59. The number of carbonyl (C=O) groups is 2. The van der Waals surface area contributed by atoms with Gasteiger partial charge in [-0.15, -0.1) is 0 Å². The van der Waals surface area contributed by atoms with Crippen LogP contribution >= 0.6 is 0 Å². The van der Waals surface area contributed by atoms with Crippen molar-refractivity contribution in [3.63, 3.8) is 0 Å². The quantitative estimate of drug-likeness (QED) is 0.306. The van der Waals surface area contributed by atoms with Gasteiger partial charge in [-0.2, -0.15) is 5.10 Å². The molecule has 43 heavy (non-hydrogen) atoms. The van der Waals surface area contributed by atoms with E-state index in [1.807, 2.05) is 83.4 Å². The number of aryl methyl sites for hydroxylation is 1. The standard InChI is InChI=1S/C24H35N5O3.C6H12O.2C2H6/c1-3-29-22(8-11-26-29)17-4-5-19(20(12-17)16-6-9-25-10-7-16)21(15-30)27-24(32)23-13-18(31)14-28(23)2;1-5(2)6(3)4-7;2*1-2/h4-5,8,11-12,16,18,21,23,25,30-31H,3,6-7,9-10,13-15H2,1-2H3,(H,27,32);4-6H,1-3H3;2*1-2H3. The Morgan fingerprint density at radius 2 is 1.79 bits per heavy atom. The first-order valence-corrected chi connectivity index (χ1v) is 16.3. The fourth-order valence-electron chi connectivity index (χ4n) is 5.29. The Labute approximate surface area is 260 Å². The molecule has 3 heterocycles. The number of aldehydes is 1. The lowest BCUT2D eigenvalue weighted by atomic mass is 9.83. The third-order valence-electron chi connectivity index (χ3n) is 8.15. The van der Waals surface area contributed by atoms with E-state index in [-0.39, 0.29) is 24.5 Å². The minimum atomic E-state index is -0.490. The summed E-state index contributed by atoms with van der Waals surface area (Å²) < 4.78 is 1.98. The Kier molecular flexibility index (Phi) is 18.2. The number of aliphatic hydroxyl groups is 2. The number of carbonyl (C=O) groups excluding carboxylic acids is 2. The maximum atomic E-state index is 13.0. The fourth-order valence-corrected chi connectivity index (χ4v) is 5.29. The average molecular weight is 602 g/mol. The van der Waals surface area contributed by atoms with Gasteiger partial charge in [0.15, 0.2) is 0 Å². The minimum absolute atomic E-state index is 0.146. The maximum absolute atomic E-state index is 13.0. The zero-order chi connectivity index (χ0) is 32.5. The van der Waals surface area contributed by atoms with Crippen LogP contribution in [0.25, 0.3) is 11.3 Å². The second kappa shape index (κ2) is 20.4. The van der Waals surface area contributed by atoms with Crippen LogP contribution in [0.5, 0.6) is 0 Å². The molecule has 1 aromatic heterocycles. The first kappa shape index (κ1) is 38.4. The maximum Gasteiger partial charge on any atom is 0.238 e. The summed E-state index contributed by atoms with van der Waals surface area (Å²) in [6.45, 7) is 19.1. The Morgan fingerprint density at radius 3 is 2.28 bits per heavy atom. The Balaban J connectivity index is 0.000000730. The fraction of sp³-hybridized carbons (Fsp3) is 0.676. The van der Waals surface area contributed by atoms with Gasteiger partial charge in [-0.25, -0.2) is 0 Å². The highest BCUT2D eigenvalue weighted by molar-refractivity contribution is 5.82. The van der Waals surface area contributed by atoms with E-state index >= 15 is 0 Å². The molecule has 2 fully saturated rings. The molecule has 4 unspecified atom stereocenters. The largest absolute Gasteiger partial charge is 0.394 e. The lowest BCUT2D eigenvalue weighted by Crippen LogP contribution is -2.44. The average Bonchev–Trinajstić information content (AvgIpc) is 3.67. The van der Waals surface area contributed by atoms with Gasteiger partial charge in [0.1, 0.15) is 6.29 Å². The van der Waals surface area contributed by atoms with Crippen LogP contribution in [0, 0.1) is 11.8 Å². The molecule has 4 rings (SSSR count). The molecule has 2 aliphatic heterocycles. The third kappa shape index (κ3) is 11.1. The van der Waals surface area contributed by atoms with Gasteiger partial charge in [0.2, 0.25) is 5.91 Å². The number of likely N-dealkylation sites (N-methyl/N-ethyl adjacent to an activating group) is 1. The zero-order valence-corrected chi connectivity index (χ0v) is 28.1. The van der Waals surface area contributed by atoms with Crippen molar-refractivity contribution in [2.45, 2.75) is 105 Å². The normalized spacial score (nSPS) is 20.0. The molecule has 0 aliphatic carbocycles. The van der Waals surface area contributed by atoms with Gasteiger partial charge in [-0.3, -0.25) is 14.4 Å². The minimum Gasteiger partial charge on any atom is -0.394 e. The monoisotopic (exact) mass is 601 g/mol. The number of rotatable bonds is 9. The molecular weight excluding hydrogens is 542 g/mol. The number of likely N-dealkylation sites (tertiary alicyclic amines) is 1. The van der Waals surface area contributed by atoms with Crippen LogP contribution in [0.2, 0.25) is 0 Å². The molecule has 2 aliphatic rings. The molecule has 9 heteroatoms. The molecular formula is C34H59N5O4. The van der Waals surface area contributed by atoms with Gasteiger partial charge in [0.25, 0.3) is 0 Å². The van der Waals surface area contributed by atoms with E-state index in [0.717, 1.165) is 55.6 Å². The van der Waals surface area contributed by atoms with Crippen molar-refractivity contribution in [2.24, 2.45) is 11.8 Å². The zero-order valence-electron chi connectivity index (χ0n) is 28.1. The summed E-state index contributed by atoms with van der Waals surface area (Å²) in [6.07, 6.45) is 4.78. The first-order valence-electron chi connectivity index (χ1n) is 16.3. The molecule has 2 saturated heterocycles. The SMILES string of the molecule is CC.CC.CC(C)C(C)C=O.CCn1nccc1-c1ccc(C(CO)NC(=O)C2CC(O)CN2C)c(C2CCNCC2)c1. The lowest BCUT2D eigenvalue weighted by molar-refractivity contribution is -0.126. The molecule has 4 atom stereocenters. The summed E-state index contributed by atoms with van der Waals surface area (Å²) in [5, 5.41) is 31.1. The van der Waals surface area contributed by atoms with E-state index < -0.39 is 12.1 Å². The van der Waals surface area contributed by atoms with Crippen LogP contribution in [0.3, 0.4) is 0 Å². The molecule has 0 saturated carbocycles. The van der Waals surface area contributed by atoms with Crippen LogP contribution < -0.4 is 10.6 Å². The van der Waals surface area contributed by atoms with Gasteiger partial charge in [0.05, 0.1) is 30.5 Å². The third-order valence-corrected chi connectivity index (χ3v) is 8.15. The molecule has 1 aromatic carbocycles. The summed E-state index contributed by atoms with van der Waals surface area (Å²) in [6, 6.07) is 7.49. The topological polar surface area (TPSA) is 120 Å². The molecule has 4 N–H and O–H groups in total. The highest BCUT2D eigenvalue weighted by atomic mass is 16.3. The number of benzene rings is 1. The molecule has 9 nitrogen and oxygen atoms in total. The second-order valence-electron chi connectivity index (χ2n) is 11.2. The van der Waals surface area contributed by atoms with Crippen molar-refractivity contribution in [1.82, 2.24) is 25.3 Å². The summed E-state index contributed by atoms with van der Waals surface area (Å²) in [4.78, 5) is 24.8. The molecule has 0 spiro atoms. The lowest BCUT2D eigenvalue weighted by Gasteiger charge is -2.29. The Bertz CT molecular complexity index is 1070. The van der Waals surface area contributed by atoms with Gasteiger partial charge in [-0.1, -0.05) is 60.6 Å². The number of amides is 1. The predicted octanol–water partition coefficient (Wildman–Crippen LogP) is 4.78. The van der Waals surface area contributed by atoms with E-state index in [0.29, 0.717) is 24.8 Å². The molecule has 2 aromatic rings. The second-order valence-corrected chi connectivity index (χ2v) is 11.2. The summed E-state index contributed by atoms with van der Waals surface area (Å²) in [5.74, 6) is 0.941. The van der Waals surface area contributed by atoms with Crippen LogP contribution in [0.4, 0.5) is 0 Å². The van der Waals surface area contributed by atoms with E-state index in [4.69, 9.17) is 0 Å². The van der Waals surface area contributed by atoms with Crippen molar-refractivity contribution < 1.29 is 19.8 Å². The molecule has 244 valence electrons. The number of hydrogen-bond acceptors (Lipinski definition) is 7. The molecule has 0 bridgehead atoms. The van der Waals surface area contributed by atoms with Crippen molar-refractivity contribution in [1.29, 1.82) is 0 Å². The molecule has 0 radical (unpaired) electrons. The smallest absolute Gasteiger partial charge is 0.238 e. The number of nitrogens with one attached hydrogen (secondary N) is 2. The molecule has 1 amide bonds. The van der Waals surface area contributed by atoms with Crippen molar-refractivity contribution in [2.75, 3.05) is 33.3 Å². The van der Waals surface area contributed by atoms with Gasteiger partial charge in [-0.05, 0) is 81.4 Å². The van der Waals surface area contributed by atoms with Crippen LogP contribution in [-0.4, -0.2) is 82.5 Å².